The quantitative estimate of drug-likeness (QED) is 0.384. The zero-order valence-electron chi connectivity index (χ0n) is 18.7. The molecule has 5 rings (SSSR count). The van der Waals surface area contributed by atoms with Crippen molar-refractivity contribution >= 4 is 32.6 Å². The molecule has 0 aliphatic heterocycles. The SMILES string of the molecule is COc1ccc(OC)c2sc(N(Cc3cccnc3)C(=O)c3ccc4c(c3)CCCC4)nc12. The maximum atomic E-state index is 13.8. The Morgan fingerprint density at radius 3 is 2.58 bits per heavy atom. The molecule has 7 heteroatoms. The lowest BCUT2D eigenvalue weighted by Crippen LogP contribution is -2.30. The summed E-state index contributed by atoms with van der Waals surface area (Å²) in [6.45, 7) is 0.369. The number of benzene rings is 2. The summed E-state index contributed by atoms with van der Waals surface area (Å²) in [5.41, 5.74) is 4.93. The molecule has 2 aromatic carbocycles. The number of nitrogens with zero attached hydrogens (tertiary/aromatic N) is 3. The molecule has 1 amide bonds. The number of carbonyl (C=O) groups is 1. The second-order valence-electron chi connectivity index (χ2n) is 8.09. The molecule has 0 fully saturated rings. The minimum absolute atomic E-state index is 0.0794. The second kappa shape index (κ2) is 9.19. The van der Waals surface area contributed by atoms with Crippen LogP contribution in [0.15, 0.2) is 54.9 Å². The van der Waals surface area contributed by atoms with Gasteiger partial charge in [0.1, 0.15) is 21.7 Å². The van der Waals surface area contributed by atoms with Crippen molar-refractivity contribution in [2.24, 2.45) is 0 Å². The molecule has 0 unspecified atom stereocenters. The van der Waals surface area contributed by atoms with Gasteiger partial charge in [-0.15, -0.1) is 0 Å². The number of carbonyl (C=O) groups excluding carboxylic acids is 1. The fourth-order valence-corrected chi connectivity index (χ4v) is 5.38. The van der Waals surface area contributed by atoms with Crippen LogP contribution in [0.5, 0.6) is 11.5 Å². The van der Waals surface area contributed by atoms with E-state index in [-0.39, 0.29) is 5.91 Å². The van der Waals surface area contributed by atoms with E-state index in [2.05, 4.69) is 17.1 Å². The number of pyridine rings is 1. The van der Waals surface area contributed by atoms with Crippen molar-refractivity contribution in [3.8, 4) is 11.5 Å². The number of ether oxygens (including phenoxy) is 2. The minimum atomic E-state index is -0.0794. The first-order chi connectivity index (χ1) is 16.2. The van der Waals surface area contributed by atoms with Gasteiger partial charge in [-0.3, -0.25) is 14.7 Å². The molecule has 0 radical (unpaired) electrons. The van der Waals surface area contributed by atoms with Gasteiger partial charge in [0.25, 0.3) is 5.91 Å². The molecule has 168 valence electrons. The number of fused-ring (bicyclic) bond motifs is 2. The van der Waals surface area contributed by atoms with Crippen LogP contribution < -0.4 is 14.4 Å². The van der Waals surface area contributed by atoms with Crippen molar-refractivity contribution in [3.63, 3.8) is 0 Å². The van der Waals surface area contributed by atoms with Crippen LogP contribution in [-0.4, -0.2) is 30.1 Å². The molecule has 0 saturated carbocycles. The third-order valence-corrected chi connectivity index (χ3v) is 7.13. The van der Waals surface area contributed by atoms with Crippen LogP contribution in [0.4, 0.5) is 5.13 Å². The molecule has 0 bridgehead atoms. The lowest BCUT2D eigenvalue weighted by atomic mass is 9.90. The molecule has 0 N–H and O–H groups in total. The Labute approximate surface area is 196 Å². The van der Waals surface area contributed by atoms with Crippen molar-refractivity contribution in [3.05, 3.63) is 77.1 Å². The van der Waals surface area contributed by atoms with E-state index in [0.717, 1.165) is 23.1 Å². The van der Waals surface area contributed by atoms with Gasteiger partial charge in [0.2, 0.25) is 0 Å². The van der Waals surface area contributed by atoms with Crippen molar-refractivity contribution < 1.29 is 14.3 Å². The van der Waals surface area contributed by atoms with Gasteiger partial charge >= 0.3 is 0 Å². The number of anilines is 1. The van der Waals surface area contributed by atoms with Crippen molar-refractivity contribution in [1.29, 1.82) is 0 Å². The second-order valence-corrected chi connectivity index (χ2v) is 9.06. The highest BCUT2D eigenvalue weighted by atomic mass is 32.1. The number of thiazole rings is 1. The fourth-order valence-electron chi connectivity index (χ4n) is 4.31. The highest BCUT2D eigenvalue weighted by molar-refractivity contribution is 7.22. The third-order valence-electron chi connectivity index (χ3n) is 6.03. The Bertz CT molecular complexity index is 1260. The number of hydrogen-bond donors (Lipinski definition) is 0. The van der Waals surface area contributed by atoms with Crippen molar-refractivity contribution in [2.75, 3.05) is 19.1 Å². The number of aromatic nitrogens is 2. The molecule has 0 saturated heterocycles. The normalized spacial score (nSPS) is 12.9. The lowest BCUT2D eigenvalue weighted by Gasteiger charge is -2.22. The van der Waals surface area contributed by atoms with E-state index in [1.165, 1.54) is 35.3 Å². The summed E-state index contributed by atoms with van der Waals surface area (Å²) in [5, 5.41) is 0.597. The van der Waals surface area contributed by atoms with Gasteiger partial charge in [-0.2, -0.15) is 0 Å². The van der Waals surface area contributed by atoms with E-state index in [0.29, 0.717) is 34.3 Å². The Kier molecular flexibility index (Phi) is 5.96. The zero-order chi connectivity index (χ0) is 22.8. The third kappa shape index (κ3) is 4.16. The van der Waals surface area contributed by atoms with Crippen molar-refractivity contribution in [2.45, 2.75) is 32.2 Å². The average molecular weight is 460 g/mol. The Morgan fingerprint density at radius 2 is 1.82 bits per heavy atom. The van der Waals surface area contributed by atoms with E-state index in [4.69, 9.17) is 14.5 Å². The molecule has 4 aromatic rings. The number of amides is 1. The van der Waals surface area contributed by atoms with Crippen LogP contribution in [0, 0.1) is 0 Å². The molecule has 2 heterocycles. The highest BCUT2D eigenvalue weighted by Crippen LogP contribution is 2.40. The first kappa shape index (κ1) is 21.4. The number of aryl methyl sites for hydroxylation is 2. The maximum Gasteiger partial charge on any atom is 0.260 e. The largest absolute Gasteiger partial charge is 0.495 e. The van der Waals surface area contributed by atoms with E-state index < -0.39 is 0 Å². The molecule has 2 aromatic heterocycles. The molecule has 1 aliphatic carbocycles. The summed E-state index contributed by atoms with van der Waals surface area (Å²) in [5.74, 6) is 1.28. The summed E-state index contributed by atoms with van der Waals surface area (Å²) in [6, 6.07) is 13.6. The maximum absolute atomic E-state index is 13.8. The summed E-state index contributed by atoms with van der Waals surface area (Å²) in [6.07, 6.45) is 7.99. The van der Waals surface area contributed by atoms with Crippen LogP contribution in [0.25, 0.3) is 10.2 Å². The van der Waals surface area contributed by atoms with E-state index in [9.17, 15) is 4.79 Å². The van der Waals surface area contributed by atoms with E-state index in [1.807, 2.05) is 30.3 Å². The van der Waals surface area contributed by atoms with Gasteiger partial charge in [0.05, 0.1) is 20.8 Å². The fraction of sp³-hybridized carbons (Fsp3) is 0.269. The van der Waals surface area contributed by atoms with Crippen LogP contribution in [0.2, 0.25) is 0 Å². The standard InChI is InChI=1S/C26H25N3O3S/c1-31-21-11-12-22(32-2)24-23(21)28-26(33-24)29(16-17-6-5-13-27-15-17)25(30)20-10-9-18-7-3-4-8-19(18)14-20/h5-6,9-15H,3-4,7-8,16H2,1-2H3. The Balaban J connectivity index is 1.60. The lowest BCUT2D eigenvalue weighted by molar-refractivity contribution is 0.0985. The van der Waals surface area contributed by atoms with Crippen LogP contribution in [-0.2, 0) is 19.4 Å². The topological polar surface area (TPSA) is 64.6 Å². The van der Waals surface area contributed by atoms with Gasteiger partial charge in [-0.25, -0.2) is 4.98 Å². The smallest absolute Gasteiger partial charge is 0.260 e. The van der Waals surface area contributed by atoms with Gasteiger partial charge < -0.3 is 9.47 Å². The summed E-state index contributed by atoms with van der Waals surface area (Å²) < 4.78 is 11.9. The molecule has 6 nitrogen and oxygen atoms in total. The molecule has 33 heavy (non-hydrogen) atoms. The van der Waals surface area contributed by atoms with Gasteiger partial charge in [-0.05, 0) is 72.7 Å². The highest BCUT2D eigenvalue weighted by Gasteiger charge is 2.25. The van der Waals surface area contributed by atoms with E-state index in [1.54, 1.807) is 31.5 Å². The molecule has 0 atom stereocenters. The molecular weight excluding hydrogens is 434 g/mol. The van der Waals surface area contributed by atoms with Crippen molar-refractivity contribution in [1.82, 2.24) is 9.97 Å². The first-order valence-electron chi connectivity index (χ1n) is 11.0. The number of rotatable bonds is 6. The summed E-state index contributed by atoms with van der Waals surface area (Å²) >= 11 is 1.43. The van der Waals surface area contributed by atoms with E-state index >= 15 is 0 Å². The monoisotopic (exact) mass is 459 g/mol. The predicted molar refractivity (Wildman–Crippen MR) is 131 cm³/mol. The van der Waals surface area contributed by atoms with Gasteiger partial charge in [0.15, 0.2) is 5.13 Å². The summed E-state index contributed by atoms with van der Waals surface area (Å²) in [4.78, 5) is 24.6. The number of methoxy groups -OCH3 is 2. The van der Waals surface area contributed by atoms with Crippen LogP contribution in [0.1, 0.15) is 39.9 Å². The first-order valence-corrected chi connectivity index (χ1v) is 11.8. The minimum Gasteiger partial charge on any atom is -0.495 e. The molecule has 1 aliphatic rings. The molecule has 0 spiro atoms. The van der Waals surface area contributed by atoms with Crippen LogP contribution in [0.3, 0.4) is 0 Å². The predicted octanol–water partition coefficient (Wildman–Crippen LogP) is 5.43. The van der Waals surface area contributed by atoms with Gasteiger partial charge in [0, 0.05) is 18.0 Å². The zero-order valence-corrected chi connectivity index (χ0v) is 19.5. The Hall–Kier alpha value is -3.45. The Morgan fingerprint density at radius 1 is 1.03 bits per heavy atom. The average Bonchev–Trinajstić information content (AvgIpc) is 3.32. The van der Waals surface area contributed by atoms with Crippen LogP contribution >= 0.6 is 11.3 Å². The van der Waals surface area contributed by atoms with Gasteiger partial charge in [-0.1, -0.05) is 23.5 Å². The number of hydrogen-bond acceptors (Lipinski definition) is 6. The molecular formula is C26H25N3O3S. The summed E-state index contributed by atoms with van der Waals surface area (Å²) in [7, 11) is 3.25.